The Hall–Kier alpha value is -1.45. The van der Waals surface area contributed by atoms with Crippen molar-refractivity contribution in [1.29, 1.82) is 0 Å². The lowest BCUT2D eigenvalue weighted by Gasteiger charge is -2.28. The molecule has 15 heavy (non-hydrogen) atoms. The van der Waals surface area contributed by atoms with Gasteiger partial charge in [-0.25, -0.2) is 4.98 Å². The van der Waals surface area contributed by atoms with E-state index < -0.39 is 17.8 Å². The van der Waals surface area contributed by atoms with Crippen LogP contribution in [-0.2, 0) is 4.79 Å². The SMILES string of the molecule is CC(C)(C)C(C(N)=O)c1ccnc(F)c1. The maximum atomic E-state index is 12.9. The van der Waals surface area contributed by atoms with Crippen LogP contribution in [0.2, 0.25) is 0 Å². The first-order chi connectivity index (χ1) is 6.82. The van der Waals surface area contributed by atoms with Crippen molar-refractivity contribution in [1.82, 2.24) is 4.98 Å². The lowest BCUT2D eigenvalue weighted by molar-refractivity contribution is -0.121. The molecule has 0 bridgehead atoms. The normalized spacial score (nSPS) is 13.6. The molecular formula is C11H15FN2O. The molecule has 0 saturated heterocycles. The average molecular weight is 210 g/mol. The summed E-state index contributed by atoms with van der Waals surface area (Å²) < 4.78 is 12.9. The number of nitrogens with two attached hydrogens (primary N) is 1. The van der Waals surface area contributed by atoms with E-state index in [0.29, 0.717) is 5.56 Å². The second-order valence-corrected chi connectivity index (χ2v) is 4.61. The molecule has 2 N–H and O–H groups in total. The minimum Gasteiger partial charge on any atom is -0.369 e. The first kappa shape index (κ1) is 11.6. The zero-order valence-corrected chi connectivity index (χ0v) is 9.12. The van der Waals surface area contributed by atoms with Crippen molar-refractivity contribution in [3.63, 3.8) is 0 Å². The Morgan fingerprint density at radius 2 is 2.13 bits per heavy atom. The zero-order chi connectivity index (χ0) is 11.6. The van der Waals surface area contributed by atoms with Crippen LogP contribution < -0.4 is 5.73 Å². The molecule has 0 saturated carbocycles. The van der Waals surface area contributed by atoms with Crippen LogP contribution in [0.4, 0.5) is 4.39 Å². The number of rotatable bonds is 2. The highest BCUT2D eigenvalue weighted by Crippen LogP contribution is 2.34. The molecule has 82 valence electrons. The fraction of sp³-hybridized carbons (Fsp3) is 0.455. The molecule has 0 aliphatic heterocycles. The number of primary amides is 1. The molecule has 0 aromatic carbocycles. The van der Waals surface area contributed by atoms with Crippen LogP contribution >= 0.6 is 0 Å². The largest absolute Gasteiger partial charge is 0.369 e. The molecule has 3 nitrogen and oxygen atoms in total. The van der Waals surface area contributed by atoms with Gasteiger partial charge in [0.05, 0.1) is 5.92 Å². The number of carbonyl (C=O) groups excluding carboxylic acids is 1. The smallest absolute Gasteiger partial charge is 0.225 e. The number of aromatic nitrogens is 1. The Morgan fingerprint density at radius 1 is 1.53 bits per heavy atom. The van der Waals surface area contributed by atoms with Gasteiger partial charge in [0, 0.05) is 6.20 Å². The molecule has 1 aromatic heterocycles. The number of halogens is 1. The molecule has 0 aliphatic rings. The van der Waals surface area contributed by atoms with Crippen LogP contribution in [0.5, 0.6) is 0 Å². The van der Waals surface area contributed by atoms with E-state index in [1.54, 1.807) is 6.07 Å². The van der Waals surface area contributed by atoms with Gasteiger partial charge in [0.2, 0.25) is 11.9 Å². The van der Waals surface area contributed by atoms with Crippen molar-refractivity contribution in [3.8, 4) is 0 Å². The Kier molecular flexibility index (Phi) is 3.07. The van der Waals surface area contributed by atoms with Crippen molar-refractivity contribution in [3.05, 3.63) is 29.8 Å². The van der Waals surface area contributed by atoms with Gasteiger partial charge in [0.25, 0.3) is 0 Å². The highest BCUT2D eigenvalue weighted by Gasteiger charge is 2.31. The summed E-state index contributed by atoms with van der Waals surface area (Å²) in [6, 6.07) is 2.87. The molecule has 1 unspecified atom stereocenters. The first-order valence-electron chi connectivity index (χ1n) is 4.73. The molecule has 1 amide bonds. The summed E-state index contributed by atoms with van der Waals surface area (Å²) in [7, 11) is 0. The highest BCUT2D eigenvalue weighted by atomic mass is 19.1. The molecule has 1 atom stereocenters. The maximum Gasteiger partial charge on any atom is 0.225 e. The van der Waals surface area contributed by atoms with Gasteiger partial charge in [0.1, 0.15) is 0 Å². The van der Waals surface area contributed by atoms with E-state index in [2.05, 4.69) is 4.98 Å². The van der Waals surface area contributed by atoms with E-state index in [0.717, 1.165) is 0 Å². The van der Waals surface area contributed by atoms with Gasteiger partial charge >= 0.3 is 0 Å². The van der Waals surface area contributed by atoms with Gasteiger partial charge in [-0.2, -0.15) is 4.39 Å². The number of nitrogens with zero attached hydrogens (tertiary/aromatic N) is 1. The van der Waals surface area contributed by atoms with Gasteiger partial charge in [0.15, 0.2) is 0 Å². The van der Waals surface area contributed by atoms with Crippen LogP contribution in [0.1, 0.15) is 32.3 Å². The monoisotopic (exact) mass is 210 g/mol. The topological polar surface area (TPSA) is 56.0 Å². The van der Waals surface area contributed by atoms with Crippen LogP contribution in [0.25, 0.3) is 0 Å². The first-order valence-corrected chi connectivity index (χ1v) is 4.73. The van der Waals surface area contributed by atoms with E-state index in [1.807, 2.05) is 20.8 Å². The highest BCUT2D eigenvalue weighted by molar-refractivity contribution is 5.82. The Labute approximate surface area is 88.5 Å². The predicted octanol–water partition coefficient (Wildman–Crippen LogP) is 1.84. The summed E-state index contributed by atoms with van der Waals surface area (Å²) in [4.78, 5) is 14.8. The van der Waals surface area contributed by atoms with E-state index >= 15 is 0 Å². The summed E-state index contributed by atoms with van der Waals surface area (Å²) in [6.07, 6.45) is 1.34. The molecule has 0 fully saturated rings. The number of carbonyl (C=O) groups is 1. The third-order valence-corrected chi connectivity index (χ3v) is 2.23. The van der Waals surface area contributed by atoms with Gasteiger partial charge < -0.3 is 5.73 Å². The van der Waals surface area contributed by atoms with E-state index in [9.17, 15) is 9.18 Å². The lowest BCUT2D eigenvalue weighted by atomic mass is 9.76. The molecule has 0 radical (unpaired) electrons. The van der Waals surface area contributed by atoms with Crippen LogP contribution in [-0.4, -0.2) is 10.9 Å². The van der Waals surface area contributed by atoms with Crippen molar-refractivity contribution in [2.45, 2.75) is 26.7 Å². The van der Waals surface area contributed by atoms with Crippen molar-refractivity contribution in [2.24, 2.45) is 11.1 Å². The van der Waals surface area contributed by atoms with E-state index in [4.69, 9.17) is 5.73 Å². The average Bonchev–Trinajstić information content (AvgIpc) is 1.99. The Balaban J connectivity index is 3.16. The third-order valence-electron chi connectivity index (χ3n) is 2.23. The summed E-state index contributed by atoms with van der Waals surface area (Å²) in [5.74, 6) is -1.55. The van der Waals surface area contributed by atoms with Gasteiger partial charge in [-0.05, 0) is 23.1 Å². The minimum absolute atomic E-state index is 0.334. The zero-order valence-electron chi connectivity index (χ0n) is 9.12. The summed E-state index contributed by atoms with van der Waals surface area (Å²) in [5, 5.41) is 0. The lowest BCUT2D eigenvalue weighted by Crippen LogP contribution is -2.31. The summed E-state index contributed by atoms with van der Waals surface area (Å²) >= 11 is 0. The van der Waals surface area contributed by atoms with Crippen LogP contribution in [0, 0.1) is 11.4 Å². The van der Waals surface area contributed by atoms with Crippen molar-refractivity contribution >= 4 is 5.91 Å². The summed E-state index contributed by atoms with van der Waals surface area (Å²) in [6.45, 7) is 5.67. The third kappa shape index (κ3) is 2.75. The van der Waals surface area contributed by atoms with Gasteiger partial charge in [-0.15, -0.1) is 0 Å². The van der Waals surface area contributed by atoms with Crippen LogP contribution in [0.15, 0.2) is 18.3 Å². The van der Waals surface area contributed by atoms with Crippen LogP contribution in [0.3, 0.4) is 0 Å². The number of hydrogen-bond donors (Lipinski definition) is 1. The number of amides is 1. The van der Waals surface area contributed by atoms with Crippen molar-refractivity contribution < 1.29 is 9.18 Å². The maximum absolute atomic E-state index is 12.9. The fourth-order valence-corrected chi connectivity index (χ4v) is 1.69. The minimum atomic E-state index is -0.594. The standard InChI is InChI=1S/C11H15FN2O/c1-11(2,3)9(10(13)15)7-4-5-14-8(12)6-7/h4-6,9H,1-3H3,(H2,13,15). The van der Waals surface area contributed by atoms with Crippen molar-refractivity contribution in [2.75, 3.05) is 0 Å². The van der Waals surface area contributed by atoms with E-state index in [-0.39, 0.29) is 5.41 Å². The van der Waals surface area contributed by atoms with Gasteiger partial charge in [-0.3, -0.25) is 4.79 Å². The fourth-order valence-electron chi connectivity index (χ4n) is 1.69. The van der Waals surface area contributed by atoms with E-state index in [1.165, 1.54) is 12.3 Å². The predicted molar refractivity (Wildman–Crippen MR) is 55.6 cm³/mol. The molecule has 0 spiro atoms. The summed E-state index contributed by atoms with van der Waals surface area (Å²) in [5.41, 5.74) is 5.56. The Morgan fingerprint density at radius 3 is 2.53 bits per heavy atom. The quantitative estimate of drug-likeness (QED) is 0.757. The van der Waals surface area contributed by atoms with Gasteiger partial charge in [-0.1, -0.05) is 20.8 Å². The molecule has 0 aliphatic carbocycles. The molecule has 1 rings (SSSR count). The second kappa shape index (κ2) is 3.96. The molecular weight excluding hydrogens is 195 g/mol. The number of pyridine rings is 1. The second-order valence-electron chi connectivity index (χ2n) is 4.61. The Bertz CT molecular complexity index is 371. The number of hydrogen-bond acceptors (Lipinski definition) is 2. The molecule has 1 aromatic rings. The molecule has 4 heteroatoms. The molecule has 1 heterocycles.